The molecule has 3 aromatic carbocycles. The van der Waals surface area contributed by atoms with E-state index in [9.17, 15) is 27.0 Å². The molecule has 0 aromatic heterocycles. The van der Waals surface area contributed by atoms with Crippen LogP contribution in [0.1, 0.15) is 31.8 Å². The van der Waals surface area contributed by atoms with Crippen LogP contribution in [-0.4, -0.2) is 24.5 Å². The molecule has 0 fully saturated rings. The van der Waals surface area contributed by atoms with Gasteiger partial charge in [-0.2, -0.15) is 8.42 Å². The molecule has 140 valence electrons. The van der Waals surface area contributed by atoms with Crippen molar-refractivity contribution < 1.29 is 27.0 Å². The van der Waals surface area contributed by atoms with Crippen LogP contribution in [0.4, 0.5) is 15.8 Å². The van der Waals surface area contributed by atoms with E-state index in [2.05, 4.69) is 5.32 Å². The summed E-state index contributed by atoms with van der Waals surface area (Å²) >= 11 is 0. The molecule has 1 aliphatic carbocycles. The topological polar surface area (TPSA) is 101 Å². The van der Waals surface area contributed by atoms with E-state index in [1.165, 1.54) is 36.4 Å². The normalized spacial score (nSPS) is 13.1. The van der Waals surface area contributed by atoms with Crippen molar-refractivity contribution >= 4 is 33.1 Å². The molecule has 2 N–H and O–H groups in total. The van der Waals surface area contributed by atoms with Crippen molar-refractivity contribution in [3.8, 4) is 0 Å². The zero-order valence-electron chi connectivity index (χ0n) is 14.1. The molecule has 0 heterocycles. The molecule has 0 radical (unpaired) electrons. The maximum absolute atomic E-state index is 13.2. The molecule has 28 heavy (non-hydrogen) atoms. The minimum atomic E-state index is -4.64. The molecule has 0 bridgehead atoms. The van der Waals surface area contributed by atoms with E-state index < -0.39 is 32.4 Å². The molecule has 0 amide bonds. The van der Waals surface area contributed by atoms with Gasteiger partial charge in [-0.25, -0.2) is 4.39 Å². The highest BCUT2D eigenvalue weighted by Gasteiger charge is 2.33. The van der Waals surface area contributed by atoms with Crippen LogP contribution >= 0.6 is 0 Å². The number of hydrogen-bond acceptors (Lipinski definition) is 5. The van der Waals surface area contributed by atoms with E-state index >= 15 is 0 Å². The molecule has 0 saturated carbocycles. The van der Waals surface area contributed by atoms with Crippen LogP contribution in [0.5, 0.6) is 0 Å². The average molecular weight is 397 g/mol. The van der Waals surface area contributed by atoms with Crippen molar-refractivity contribution in [3.05, 3.63) is 88.7 Å². The standard InChI is InChI=1S/C20H12FNO5S/c21-11-5-7-12(8-6-11)22-17-10-13(28(25,26)27)9-16-18(17)20(24)15-4-2-1-3-14(15)19(16)23/h1-10,22H,(H,25,26,27). The van der Waals surface area contributed by atoms with Crippen molar-refractivity contribution in [3.63, 3.8) is 0 Å². The predicted octanol–water partition coefficient (Wildman–Crippen LogP) is 3.59. The number of fused-ring (bicyclic) bond motifs is 2. The molecule has 0 spiro atoms. The van der Waals surface area contributed by atoms with Crippen molar-refractivity contribution in [2.45, 2.75) is 4.90 Å². The number of rotatable bonds is 3. The second-order valence-corrected chi connectivity index (χ2v) is 7.63. The largest absolute Gasteiger partial charge is 0.355 e. The summed E-state index contributed by atoms with van der Waals surface area (Å²) in [5.74, 6) is -1.46. The quantitative estimate of drug-likeness (QED) is 0.513. The molecular formula is C20H12FNO5S. The van der Waals surface area contributed by atoms with Crippen LogP contribution < -0.4 is 5.32 Å². The van der Waals surface area contributed by atoms with Gasteiger partial charge < -0.3 is 5.32 Å². The van der Waals surface area contributed by atoms with Gasteiger partial charge in [0.15, 0.2) is 11.6 Å². The molecule has 0 unspecified atom stereocenters. The maximum atomic E-state index is 13.2. The molecule has 0 atom stereocenters. The lowest BCUT2D eigenvalue weighted by molar-refractivity contribution is 0.0979. The molecule has 0 saturated heterocycles. The molecule has 6 nitrogen and oxygen atoms in total. The lowest BCUT2D eigenvalue weighted by Gasteiger charge is -2.21. The lowest BCUT2D eigenvalue weighted by Crippen LogP contribution is -2.23. The molecule has 8 heteroatoms. The SMILES string of the molecule is O=C1c2ccccc2C(=O)c2c(Nc3ccc(F)cc3)cc(S(=O)(=O)O)cc21. The van der Waals surface area contributed by atoms with Gasteiger partial charge in [-0.3, -0.25) is 14.1 Å². The fourth-order valence-electron chi connectivity index (χ4n) is 3.13. The van der Waals surface area contributed by atoms with Gasteiger partial charge in [-0.1, -0.05) is 24.3 Å². The number of hydrogen-bond donors (Lipinski definition) is 2. The highest BCUT2D eigenvalue weighted by Crippen LogP contribution is 2.35. The van der Waals surface area contributed by atoms with E-state index in [1.54, 1.807) is 12.1 Å². The number of nitrogens with one attached hydrogen (secondary N) is 1. The number of ketones is 2. The molecule has 3 aromatic rings. The third-order valence-electron chi connectivity index (χ3n) is 4.42. The van der Waals surface area contributed by atoms with E-state index in [-0.39, 0.29) is 27.9 Å². The van der Waals surface area contributed by atoms with E-state index in [1.807, 2.05) is 0 Å². The van der Waals surface area contributed by atoms with Crippen molar-refractivity contribution in [2.75, 3.05) is 5.32 Å². The number of benzene rings is 3. The summed E-state index contributed by atoms with van der Waals surface area (Å²) in [6.45, 7) is 0. The predicted molar refractivity (Wildman–Crippen MR) is 99.2 cm³/mol. The number of carbonyl (C=O) groups is 2. The maximum Gasteiger partial charge on any atom is 0.294 e. The minimum Gasteiger partial charge on any atom is -0.355 e. The summed E-state index contributed by atoms with van der Waals surface area (Å²) in [4.78, 5) is 25.4. The first-order chi connectivity index (χ1) is 13.3. The minimum absolute atomic E-state index is 0.0135. The van der Waals surface area contributed by atoms with Crippen LogP contribution in [0.25, 0.3) is 0 Å². The number of anilines is 2. The van der Waals surface area contributed by atoms with Gasteiger partial charge >= 0.3 is 0 Å². The van der Waals surface area contributed by atoms with Crippen LogP contribution in [-0.2, 0) is 10.1 Å². The highest BCUT2D eigenvalue weighted by molar-refractivity contribution is 7.85. The molecule has 4 rings (SSSR count). The van der Waals surface area contributed by atoms with Crippen molar-refractivity contribution in [1.82, 2.24) is 0 Å². The Bertz CT molecular complexity index is 1250. The third-order valence-corrected chi connectivity index (χ3v) is 5.25. The van der Waals surface area contributed by atoms with Crippen LogP contribution in [0.3, 0.4) is 0 Å². The molecule has 0 aliphatic heterocycles. The Morgan fingerprint density at radius 3 is 2.04 bits per heavy atom. The first-order valence-corrected chi connectivity index (χ1v) is 9.56. The Hall–Kier alpha value is -3.36. The van der Waals surface area contributed by atoms with Crippen molar-refractivity contribution in [2.24, 2.45) is 0 Å². The van der Waals surface area contributed by atoms with Gasteiger partial charge in [0, 0.05) is 22.4 Å². The van der Waals surface area contributed by atoms with Gasteiger partial charge in [0.25, 0.3) is 10.1 Å². The Kier molecular flexibility index (Phi) is 4.10. The highest BCUT2D eigenvalue weighted by atomic mass is 32.2. The monoisotopic (exact) mass is 397 g/mol. The second kappa shape index (κ2) is 6.36. The number of halogens is 1. The lowest BCUT2D eigenvalue weighted by atomic mass is 9.83. The molecule has 1 aliphatic rings. The summed E-state index contributed by atoms with van der Waals surface area (Å²) < 4.78 is 46.0. The van der Waals surface area contributed by atoms with Crippen molar-refractivity contribution in [1.29, 1.82) is 0 Å². The van der Waals surface area contributed by atoms with Gasteiger partial charge in [-0.05, 0) is 36.4 Å². The van der Waals surface area contributed by atoms with Crippen LogP contribution in [0.2, 0.25) is 0 Å². The Morgan fingerprint density at radius 2 is 1.43 bits per heavy atom. The zero-order valence-corrected chi connectivity index (χ0v) is 15.0. The third kappa shape index (κ3) is 2.98. The molecular weight excluding hydrogens is 385 g/mol. The Morgan fingerprint density at radius 1 is 0.821 bits per heavy atom. The second-order valence-electron chi connectivity index (χ2n) is 6.20. The Labute approximate surface area is 159 Å². The van der Waals surface area contributed by atoms with Gasteiger partial charge in [0.1, 0.15) is 5.82 Å². The number of carbonyl (C=O) groups excluding carboxylic acids is 2. The first-order valence-electron chi connectivity index (χ1n) is 8.12. The van der Waals surface area contributed by atoms with Gasteiger partial charge in [-0.15, -0.1) is 0 Å². The summed E-state index contributed by atoms with van der Waals surface area (Å²) in [6, 6.07) is 13.4. The zero-order chi connectivity index (χ0) is 20.1. The summed E-state index contributed by atoms with van der Waals surface area (Å²) in [5, 5.41) is 2.84. The van der Waals surface area contributed by atoms with E-state index in [4.69, 9.17) is 0 Å². The fourth-order valence-corrected chi connectivity index (χ4v) is 3.67. The average Bonchev–Trinajstić information content (AvgIpc) is 2.66. The van der Waals surface area contributed by atoms with Gasteiger partial charge in [0.05, 0.1) is 16.1 Å². The van der Waals surface area contributed by atoms with Crippen LogP contribution in [0, 0.1) is 5.82 Å². The summed E-state index contributed by atoms with van der Waals surface area (Å²) in [7, 11) is -4.64. The van der Waals surface area contributed by atoms with E-state index in [0.29, 0.717) is 5.69 Å². The Balaban J connectivity index is 1.96. The smallest absolute Gasteiger partial charge is 0.294 e. The summed E-state index contributed by atoms with van der Waals surface area (Å²) in [5.41, 5.74) is 0.589. The van der Waals surface area contributed by atoms with E-state index in [0.717, 1.165) is 12.1 Å². The fraction of sp³-hybridized carbons (Fsp3) is 0. The van der Waals surface area contributed by atoms with Gasteiger partial charge in [0.2, 0.25) is 0 Å². The summed E-state index contributed by atoms with van der Waals surface area (Å²) in [6.07, 6.45) is 0. The first kappa shape index (κ1) is 18.0. The van der Waals surface area contributed by atoms with Crippen LogP contribution in [0.15, 0.2) is 65.6 Å².